The second-order valence-electron chi connectivity index (χ2n) is 6.88. The third-order valence-corrected chi connectivity index (χ3v) is 6.95. The first-order valence-electron chi connectivity index (χ1n) is 9.59. The minimum Gasteiger partial charge on any atom is -0.326 e. The molecule has 1 fully saturated rings. The lowest BCUT2D eigenvalue weighted by atomic mass is 10.1. The van der Waals surface area contributed by atoms with Crippen molar-refractivity contribution in [3.63, 3.8) is 0 Å². The second-order valence-corrected chi connectivity index (χ2v) is 8.98. The molecule has 148 valence electrons. The second kappa shape index (κ2) is 8.84. The van der Waals surface area contributed by atoms with E-state index in [4.69, 9.17) is 0 Å². The predicted octanol–water partition coefficient (Wildman–Crippen LogP) is 5.27. The summed E-state index contributed by atoms with van der Waals surface area (Å²) in [5.74, 6) is 0.575. The van der Waals surface area contributed by atoms with Crippen LogP contribution in [0.5, 0.6) is 0 Å². The first kappa shape index (κ1) is 19.7. The SMILES string of the molecule is CCc1cccc(N2C(=O)CS[C@@H]2c2ccc(NC(=O)Cc3cccs3)cc2)c1. The molecule has 4 nitrogen and oxygen atoms in total. The van der Waals surface area contributed by atoms with Crippen molar-refractivity contribution in [3.8, 4) is 0 Å². The molecule has 4 rings (SSSR count). The normalized spacial score (nSPS) is 16.2. The third kappa shape index (κ3) is 4.54. The Hall–Kier alpha value is -2.57. The number of carbonyl (C=O) groups excluding carboxylic acids is 2. The Labute approximate surface area is 178 Å². The lowest BCUT2D eigenvalue weighted by molar-refractivity contribution is -0.116. The molecule has 0 radical (unpaired) electrons. The van der Waals surface area contributed by atoms with Gasteiger partial charge in [0.25, 0.3) is 0 Å². The Balaban J connectivity index is 1.48. The van der Waals surface area contributed by atoms with E-state index >= 15 is 0 Å². The standard InChI is InChI=1S/C23H22N2O2S2/c1-2-16-5-3-6-19(13-16)25-22(27)15-29-23(25)17-8-10-18(11-9-17)24-21(26)14-20-7-4-12-28-20/h3-13,23H,2,14-15H2,1H3,(H,24,26)/t23-/m1/s1. The molecule has 0 saturated carbocycles. The summed E-state index contributed by atoms with van der Waals surface area (Å²) in [6.07, 6.45) is 1.32. The van der Waals surface area contributed by atoms with E-state index < -0.39 is 0 Å². The number of hydrogen-bond donors (Lipinski definition) is 1. The Morgan fingerprint density at radius 3 is 2.69 bits per heavy atom. The van der Waals surface area contributed by atoms with E-state index in [9.17, 15) is 9.59 Å². The molecule has 3 aromatic rings. The zero-order chi connectivity index (χ0) is 20.2. The minimum atomic E-state index is -0.0505. The quantitative estimate of drug-likeness (QED) is 0.589. The van der Waals surface area contributed by atoms with Crippen LogP contribution in [0.3, 0.4) is 0 Å². The molecule has 2 heterocycles. The van der Waals surface area contributed by atoms with Gasteiger partial charge in [0.15, 0.2) is 0 Å². The average molecular weight is 423 g/mol. The van der Waals surface area contributed by atoms with E-state index in [2.05, 4.69) is 24.4 Å². The topological polar surface area (TPSA) is 49.4 Å². The molecule has 6 heteroatoms. The number of thiophene rings is 1. The fourth-order valence-corrected chi connectivity index (χ4v) is 5.26. The van der Waals surface area contributed by atoms with E-state index in [0.717, 1.165) is 28.2 Å². The molecule has 1 saturated heterocycles. The molecule has 29 heavy (non-hydrogen) atoms. The number of nitrogens with zero attached hydrogens (tertiary/aromatic N) is 1. The van der Waals surface area contributed by atoms with E-state index in [1.807, 2.05) is 58.8 Å². The Morgan fingerprint density at radius 1 is 1.14 bits per heavy atom. The van der Waals surface area contributed by atoms with Crippen LogP contribution < -0.4 is 10.2 Å². The van der Waals surface area contributed by atoms with Crippen molar-refractivity contribution in [3.05, 3.63) is 82.0 Å². The van der Waals surface area contributed by atoms with Crippen molar-refractivity contribution in [1.29, 1.82) is 0 Å². The fourth-order valence-electron chi connectivity index (χ4n) is 3.38. The fraction of sp³-hybridized carbons (Fsp3) is 0.217. The molecular formula is C23H22N2O2S2. The number of nitrogens with one attached hydrogen (secondary N) is 1. The number of anilines is 2. The molecule has 1 aliphatic rings. The van der Waals surface area contributed by atoms with Crippen LogP contribution in [0.15, 0.2) is 66.0 Å². The third-order valence-electron chi connectivity index (χ3n) is 4.86. The highest BCUT2D eigenvalue weighted by atomic mass is 32.2. The van der Waals surface area contributed by atoms with Gasteiger partial charge in [0.1, 0.15) is 5.37 Å². The molecule has 1 aliphatic heterocycles. The molecule has 0 bridgehead atoms. The maximum atomic E-state index is 12.6. The number of thioether (sulfide) groups is 1. The maximum Gasteiger partial charge on any atom is 0.238 e. The molecule has 0 unspecified atom stereocenters. The average Bonchev–Trinajstić information content (AvgIpc) is 3.38. The lowest BCUT2D eigenvalue weighted by Crippen LogP contribution is -2.27. The van der Waals surface area contributed by atoms with Gasteiger partial charge in [-0.25, -0.2) is 0 Å². The highest BCUT2D eigenvalue weighted by Gasteiger charge is 2.34. The van der Waals surface area contributed by atoms with E-state index in [-0.39, 0.29) is 17.2 Å². The van der Waals surface area contributed by atoms with Crippen LogP contribution in [0.25, 0.3) is 0 Å². The molecule has 1 aromatic heterocycles. The molecule has 1 atom stereocenters. The number of rotatable bonds is 6. The van der Waals surface area contributed by atoms with E-state index in [1.54, 1.807) is 23.1 Å². The van der Waals surface area contributed by atoms with Crippen molar-refractivity contribution in [1.82, 2.24) is 0 Å². The number of benzene rings is 2. The van der Waals surface area contributed by atoms with Crippen molar-refractivity contribution < 1.29 is 9.59 Å². The largest absolute Gasteiger partial charge is 0.326 e. The van der Waals surface area contributed by atoms with E-state index in [0.29, 0.717) is 12.2 Å². The molecule has 0 aliphatic carbocycles. The molecular weight excluding hydrogens is 400 g/mol. The van der Waals surface area contributed by atoms with Crippen LogP contribution in [-0.2, 0) is 22.4 Å². The van der Waals surface area contributed by atoms with Crippen LogP contribution in [0.2, 0.25) is 0 Å². The summed E-state index contributed by atoms with van der Waals surface area (Å²) in [6, 6.07) is 19.9. The van der Waals surface area contributed by atoms with Gasteiger partial charge in [0, 0.05) is 16.3 Å². The summed E-state index contributed by atoms with van der Waals surface area (Å²) in [7, 11) is 0. The highest BCUT2D eigenvalue weighted by molar-refractivity contribution is 8.00. The van der Waals surface area contributed by atoms with Crippen LogP contribution in [0.1, 0.15) is 28.3 Å². The van der Waals surface area contributed by atoms with Crippen LogP contribution in [-0.4, -0.2) is 17.6 Å². The number of aryl methyl sites for hydroxylation is 1. The van der Waals surface area contributed by atoms with Gasteiger partial charge in [-0.3, -0.25) is 14.5 Å². The monoisotopic (exact) mass is 422 g/mol. The minimum absolute atomic E-state index is 0.0244. The summed E-state index contributed by atoms with van der Waals surface area (Å²) in [4.78, 5) is 27.7. The van der Waals surface area contributed by atoms with Gasteiger partial charge in [0.05, 0.1) is 12.2 Å². The first-order chi connectivity index (χ1) is 14.1. The van der Waals surface area contributed by atoms with E-state index in [1.165, 1.54) is 5.56 Å². The summed E-state index contributed by atoms with van der Waals surface area (Å²) in [5.41, 5.74) is 3.98. The molecule has 1 N–H and O–H groups in total. The first-order valence-corrected chi connectivity index (χ1v) is 11.5. The van der Waals surface area contributed by atoms with Gasteiger partial charge >= 0.3 is 0 Å². The van der Waals surface area contributed by atoms with Crippen LogP contribution in [0.4, 0.5) is 11.4 Å². The summed E-state index contributed by atoms with van der Waals surface area (Å²) in [5, 5.41) is 4.87. The zero-order valence-electron chi connectivity index (χ0n) is 16.1. The Bertz CT molecular complexity index is 1000. The van der Waals surface area contributed by atoms with Crippen LogP contribution >= 0.6 is 23.1 Å². The van der Waals surface area contributed by atoms with Gasteiger partial charge < -0.3 is 5.32 Å². The number of hydrogen-bond acceptors (Lipinski definition) is 4. The highest BCUT2D eigenvalue weighted by Crippen LogP contribution is 2.42. The van der Waals surface area contributed by atoms with Gasteiger partial charge in [-0.05, 0) is 53.3 Å². The summed E-state index contributed by atoms with van der Waals surface area (Å²) < 4.78 is 0. The zero-order valence-corrected chi connectivity index (χ0v) is 17.8. The molecule has 2 aromatic carbocycles. The van der Waals surface area contributed by atoms with Crippen LogP contribution in [0, 0.1) is 0 Å². The maximum absolute atomic E-state index is 12.6. The molecule has 0 spiro atoms. The van der Waals surface area contributed by atoms with Crippen molar-refractivity contribution in [2.24, 2.45) is 0 Å². The summed E-state index contributed by atoms with van der Waals surface area (Å²) in [6.45, 7) is 2.11. The summed E-state index contributed by atoms with van der Waals surface area (Å²) >= 11 is 3.21. The van der Waals surface area contributed by atoms with Gasteiger partial charge in [-0.15, -0.1) is 23.1 Å². The Morgan fingerprint density at radius 2 is 1.97 bits per heavy atom. The number of carbonyl (C=O) groups is 2. The van der Waals surface area contributed by atoms with Crippen molar-refractivity contribution in [2.45, 2.75) is 25.1 Å². The number of amides is 2. The molecule has 2 amide bonds. The van der Waals surface area contributed by atoms with Crippen molar-refractivity contribution in [2.75, 3.05) is 16.0 Å². The van der Waals surface area contributed by atoms with Gasteiger partial charge in [-0.1, -0.05) is 37.3 Å². The van der Waals surface area contributed by atoms with Gasteiger partial charge in [-0.2, -0.15) is 0 Å². The smallest absolute Gasteiger partial charge is 0.238 e. The van der Waals surface area contributed by atoms with Gasteiger partial charge in [0.2, 0.25) is 11.8 Å². The van der Waals surface area contributed by atoms with Crippen molar-refractivity contribution >= 4 is 46.3 Å². The lowest BCUT2D eigenvalue weighted by Gasteiger charge is -2.25. The Kier molecular flexibility index (Phi) is 6.02. The predicted molar refractivity (Wildman–Crippen MR) is 122 cm³/mol.